The van der Waals surface area contributed by atoms with Gasteiger partial charge in [0.1, 0.15) is 5.82 Å². The molecule has 0 saturated carbocycles. The minimum absolute atomic E-state index is 0.0753. The average molecular weight is 444 g/mol. The number of para-hydroxylation sites is 2. The lowest BCUT2D eigenvalue weighted by molar-refractivity contribution is -0.116. The van der Waals surface area contributed by atoms with Crippen LogP contribution in [0.15, 0.2) is 77.7 Å². The largest absolute Gasteiger partial charge is 0.354 e. The van der Waals surface area contributed by atoms with E-state index in [9.17, 15) is 9.18 Å². The van der Waals surface area contributed by atoms with Gasteiger partial charge in [0.2, 0.25) is 5.91 Å². The van der Waals surface area contributed by atoms with Crippen molar-refractivity contribution in [1.29, 1.82) is 5.26 Å². The van der Waals surface area contributed by atoms with E-state index in [4.69, 9.17) is 5.26 Å². The van der Waals surface area contributed by atoms with Crippen molar-refractivity contribution in [2.24, 2.45) is 0 Å². The van der Waals surface area contributed by atoms with Crippen molar-refractivity contribution in [3.8, 4) is 17.3 Å². The van der Waals surface area contributed by atoms with E-state index in [1.807, 2.05) is 48.5 Å². The first kappa shape index (κ1) is 21.7. The summed E-state index contributed by atoms with van der Waals surface area (Å²) in [4.78, 5) is 17.2. The molecule has 6 heteroatoms. The minimum atomic E-state index is -0.280. The van der Waals surface area contributed by atoms with Gasteiger partial charge in [0.15, 0.2) is 0 Å². The second-order valence-electron chi connectivity index (χ2n) is 7.33. The molecule has 0 saturated heterocycles. The maximum Gasteiger partial charge on any atom is 0.224 e. The molecule has 0 fully saturated rings. The summed E-state index contributed by atoms with van der Waals surface area (Å²) in [6, 6.07) is 24.1. The molecule has 0 atom stereocenters. The number of nitrogens with zero attached hydrogens (tertiary/aromatic N) is 1. The second kappa shape index (κ2) is 10.2. The molecule has 0 aliphatic carbocycles. The first-order valence-electron chi connectivity index (χ1n) is 10.4. The van der Waals surface area contributed by atoms with Gasteiger partial charge in [-0.3, -0.25) is 4.79 Å². The molecular weight excluding hydrogens is 421 g/mol. The number of aromatic nitrogens is 1. The Morgan fingerprint density at radius 3 is 2.59 bits per heavy atom. The number of aryl methyl sites for hydroxylation is 1. The Labute approximate surface area is 190 Å². The quantitative estimate of drug-likeness (QED) is 0.240. The number of hydrogen-bond acceptors (Lipinski definition) is 3. The first-order valence-corrected chi connectivity index (χ1v) is 11.4. The van der Waals surface area contributed by atoms with E-state index in [0.29, 0.717) is 25.0 Å². The van der Waals surface area contributed by atoms with E-state index < -0.39 is 0 Å². The van der Waals surface area contributed by atoms with Gasteiger partial charge in [-0.1, -0.05) is 30.3 Å². The van der Waals surface area contributed by atoms with Crippen LogP contribution in [0.4, 0.5) is 10.1 Å². The van der Waals surface area contributed by atoms with Crippen molar-refractivity contribution in [3.63, 3.8) is 0 Å². The molecule has 0 unspecified atom stereocenters. The fourth-order valence-corrected chi connectivity index (χ4v) is 4.54. The molecule has 32 heavy (non-hydrogen) atoms. The van der Waals surface area contributed by atoms with Crippen molar-refractivity contribution in [2.75, 3.05) is 11.1 Å². The number of fused-ring (bicyclic) bond motifs is 1. The van der Waals surface area contributed by atoms with Gasteiger partial charge in [0.25, 0.3) is 0 Å². The minimum Gasteiger partial charge on any atom is -0.354 e. The van der Waals surface area contributed by atoms with E-state index in [0.717, 1.165) is 38.3 Å². The van der Waals surface area contributed by atoms with Gasteiger partial charge in [0, 0.05) is 40.1 Å². The highest BCUT2D eigenvalue weighted by Gasteiger charge is 2.15. The second-order valence-corrected chi connectivity index (χ2v) is 8.47. The Morgan fingerprint density at radius 2 is 1.78 bits per heavy atom. The molecule has 160 valence electrons. The highest BCUT2D eigenvalue weighted by molar-refractivity contribution is 7.99. The molecular formula is C26H22FN3OS. The zero-order valence-corrected chi connectivity index (χ0v) is 18.2. The Bertz CT molecular complexity index is 1270. The number of nitrogens with one attached hydrogen (secondary N) is 2. The van der Waals surface area contributed by atoms with Crippen LogP contribution in [-0.2, 0) is 11.2 Å². The summed E-state index contributed by atoms with van der Waals surface area (Å²) in [5, 5.41) is 12.8. The van der Waals surface area contributed by atoms with Crippen LogP contribution in [0.25, 0.3) is 22.2 Å². The monoisotopic (exact) mass is 443 g/mol. The number of carbonyl (C=O) groups excluding carboxylic acids is 1. The Hall–Kier alpha value is -3.56. The number of anilines is 1. The summed E-state index contributed by atoms with van der Waals surface area (Å²) < 4.78 is 13.4. The Balaban J connectivity index is 1.52. The van der Waals surface area contributed by atoms with Crippen molar-refractivity contribution >= 4 is 34.3 Å². The number of H-pyrrole nitrogens is 1. The number of amides is 1. The predicted molar refractivity (Wildman–Crippen MR) is 128 cm³/mol. The molecule has 2 N–H and O–H groups in total. The summed E-state index contributed by atoms with van der Waals surface area (Å²) in [6.45, 7) is 0. The average Bonchev–Trinajstić information content (AvgIpc) is 3.18. The lowest BCUT2D eigenvalue weighted by atomic mass is 10.0. The Kier molecular flexibility index (Phi) is 6.88. The predicted octanol–water partition coefficient (Wildman–Crippen LogP) is 6.55. The third-order valence-electron chi connectivity index (χ3n) is 5.18. The smallest absolute Gasteiger partial charge is 0.224 e. The van der Waals surface area contributed by atoms with Gasteiger partial charge in [-0.2, -0.15) is 5.26 Å². The van der Waals surface area contributed by atoms with Crippen LogP contribution in [0.5, 0.6) is 0 Å². The van der Waals surface area contributed by atoms with E-state index in [-0.39, 0.29) is 11.7 Å². The van der Waals surface area contributed by atoms with Crippen LogP contribution in [0.1, 0.15) is 18.4 Å². The van der Waals surface area contributed by atoms with Crippen LogP contribution >= 0.6 is 11.8 Å². The molecule has 4 aromatic rings. The summed E-state index contributed by atoms with van der Waals surface area (Å²) >= 11 is 1.56. The van der Waals surface area contributed by atoms with Crippen molar-refractivity contribution in [1.82, 2.24) is 4.98 Å². The number of carbonyl (C=O) groups is 1. The lowest BCUT2D eigenvalue weighted by Crippen LogP contribution is -2.13. The van der Waals surface area contributed by atoms with Crippen LogP contribution in [0.2, 0.25) is 0 Å². The molecule has 4 nitrogen and oxygen atoms in total. The highest BCUT2D eigenvalue weighted by atomic mass is 32.2. The van der Waals surface area contributed by atoms with E-state index in [2.05, 4.69) is 16.4 Å². The van der Waals surface area contributed by atoms with Gasteiger partial charge in [-0.25, -0.2) is 4.39 Å². The molecule has 0 aliphatic heterocycles. The van der Waals surface area contributed by atoms with Crippen LogP contribution in [-0.4, -0.2) is 16.6 Å². The summed E-state index contributed by atoms with van der Waals surface area (Å²) in [5.41, 5.74) is 4.59. The zero-order chi connectivity index (χ0) is 22.3. The number of nitriles is 1. The van der Waals surface area contributed by atoms with Crippen LogP contribution in [0.3, 0.4) is 0 Å². The molecule has 4 rings (SSSR count). The topological polar surface area (TPSA) is 68.7 Å². The van der Waals surface area contributed by atoms with Crippen LogP contribution < -0.4 is 5.32 Å². The molecule has 1 heterocycles. The maximum atomic E-state index is 13.4. The molecule has 0 bridgehead atoms. The molecule has 1 aromatic heterocycles. The number of rotatable bonds is 8. The number of hydrogen-bond donors (Lipinski definition) is 2. The molecule has 1 amide bonds. The Morgan fingerprint density at radius 1 is 1.03 bits per heavy atom. The number of aromatic amines is 1. The fourth-order valence-electron chi connectivity index (χ4n) is 3.68. The third kappa shape index (κ3) is 5.01. The fraction of sp³-hybridized carbons (Fsp3) is 0.154. The van der Waals surface area contributed by atoms with Crippen molar-refractivity contribution in [3.05, 3.63) is 84.2 Å². The lowest BCUT2D eigenvalue weighted by Gasteiger charge is -2.11. The third-order valence-corrected chi connectivity index (χ3v) is 6.26. The number of halogens is 1. The van der Waals surface area contributed by atoms with E-state index in [1.165, 1.54) is 12.1 Å². The summed E-state index contributed by atoms with van der Waals surface area (Å²) in [6.07, 6.45) is 1.32. The first-order chi connectivity index (χ1) is 15.7. The maximum absolute atomic E-state index is 13.4. The SMILES string of the molecule is N#CCCSc1ccccc1NC(=O)CCc1c(-c2ccc(F)cc2)[nH]c2ccccc12. The number of benzene rings is 3. The summed E-state index contributed by atoms with van der Waals surface area (Å²) in [5.74, 6) is 0.325. The van der Waals surface area contributed by atoms with Gasteiger partial charge < -0.3 is 10.3 Å². The molecule has 3 aromatic carbocycles. The summed E-state index contributed by atoms with van der Waals surface area (Å²) in [7, 11) is 0. The van der Waals surface area contributed by atoms with Gasteiger partial charge in [-0.05, 0) is 60.0 Å². The zero-order valence-electron chi connectivity index (χ0n) is 17.4. The standard InChI is InChI=1S/C26H22FN3OS/c27-19-12-10-18(11-13-19)26-21(20-6-1-2-7-22(20)30-26)14-15-25(31)29-23-8-3-4-9-24(23)32-17-5-16-28/h1-4,6-13,30H,5,14-15,17H2,(H,29,31). The van der Waals surface area contributed by atoms with Gasteiger partial charge >= 0.3 is 0 Å². The van der Waals surface area contributed by atoms with Crippen LogP contribution in [0, 0.1) is 17.1 Å². The molecule has 0 aliphatic rings. The van der Waals surface area contributed by atoms with Gasteiger partial charge in [-0.15, -0.1) is 11.8 Å². The van der Waals surface area contributed by atoms with Crippen molar-refractivity contribution < 1.29 is 9.18 Å². The van der Waals surface area contributed by atoms with Crippen molar-refractivity contribution in [2.45, 2.75) is 24.2 Å². The molecule has 0 radical (unpaired) electrons. The molecule has 0 spiro atoms. The normalized spacial score (nSPS) is 10.8. The highest BCUT2D eigenvalue weighted by Crippen LogP contribution is 2.32. The van der Waals surface area contributed by atoms with E-state index >= 15 is 0 Å². The van der Waals surface area contributed by atoms with Gasteiger partial charge in [0.05, 0.1) is 11.8 Å². The van der Waals surface area contributed by atoms with E-state index in [1.54, 1.807) is 23.9 Å². The number of thioether (sulfide) groups is 1.